The second-order valence-electron chi connectivity index (χ2n) is 8.95. The summed E-state index contributed by atoms with van der Waals surface area (Å²) in [5, 5.41) is 2.69. The Hall–Kier alpha value is -3.26. The molecule has 2 aromatic rings. The Kier molecular flexibility index (Phi) is 7.81. The van der Waals surface area contributed by atoms with Gasteiger partial charge in [0.1, 0.15) is 17.1 Å². The first-order valence-electron chi connectivity index (χ1n) is 11.0. The van der Waals surface area contributed by atoms with E-state index in [-0.39, 0.29) is 5.91 Å². The van der Waals surface area contributed by atoms with E-state index in [0.29, 0.717) is 24.3 Å². The summed E-state index contributed by atoms with van der Waals surface area (Å²) < 4.78 is 16.1. The van der Waals surface area contributed by atoms with Crippen molar-refractivity contribution in [2.75, 3.05) is 45.7 Å². The Morgan fingerprint density at radius 3 is 2.33 bits per heavy atom. The number of nitrogens with one attached hydrogen (secondary N) is 1. The average Bonchev–Trinajstić information content (AvgIpc) is 2.78. The fourth-order valence-electron chi connectivity index (χ4n) is 3.69. The molecule has 0 spiro atoms. The smallest absolute Gasteiger partial charge is 0.412 e. The van der Waals surface area contributed by atoms with Gasteiger partial charge in [-0.05, 0) is 57.2 Å². The highest BCUT2D eigenvalue weighted by molar-refractivity contribution is 5.96. The number of rotatable bonds is 6. The van der Waals surface area contributed by atoms with Crippen LogP contribution < -0.4 is 14.8 Å². The van der Waals surface area contributed by atoms with Crippen molar-refractivity contribution < 1.29 is 23.8 Å². The molecule has 33 heavy (non-hydrogen) atoms. The molecule has 0 aromatic heterocycles. The van der Waals surface area contributed by atoms with Crippen LogP contribution in [0.1, 0.15) is 36.7 Å². The van der Waals surface area contributed by atoms with Crippen molar-refractivity contribution >= 4 is 17.7 Å². The third kappa shape index (κ3) is 6.86. The average molecular weight is 456 g/mol. The first-order chi connectivity index (χ1) is 15.7. The van der Waals surface area contributed by atoms with E-state index < -0.39 is 11.7 Å². The van der Waals surface area contributed by atoms with Crippen molar-refractivity contribution in [3.05, 3.63) is 53.6 Å². The van der Waals surface area contributed by atoms with Crippen molar-refractivity contribution in [2.24, 2.45) is 0 Å². The van der Waals surface area contributed by atoms with E-state index in [2.05, 4.69) is 10.2 Å². The van der Waals surface area contributed by atoms with Crippen LogP contribution in [0.15, 0.2) is 42.5 Å². The summed E-state index contributed by atoms with van der Waals surface area (Å²) in [6, 6.07) is 12.7. The Balaban J connectivity index is 1.58. The zero-order chi connectivity index (χ0) is 24.0. The van der Waals surface area contributed by atoms with Gasteiger partial charge in [0.15, 0.2) is 0 Å². The monoisotopic (exact) mass is 455 g/mol. The lowest BCUT2D eigenvalue weighted by Crippen LogP contribution is -2.48. The number of methoxy groups -OCH3 is 2. The molecule has 0 radical (unpaired) electrons. The first kappa shape index (κ1) is 24.4. The molecule has 1 aliphatic heterocycles. The number of carbonyl (C=O) groups excluding carboxylic acids is 2. The van der Waals surface area contributed by atoms with Crippen LogP contribution in [0.3, 0.4) is 0 Å². The number of hydrogen-bond donors (Lipinski definition) is 1. The highest BCUT2D eigenvalue weighted by Gasteiger charge is 2.23. The van der Waals surface area contributed by atoms with Gasteiger partial charge in [-0.3, -0.25) is 15.0 Å². The van der Waals surface area contributed by atoms with E-state index in [1.54, 1.807) is 59.3 Å². The summed E-state index contributed by atoms with van der Waals surface area (Å²) in [6.07, 6.45) is -0.548. The van der Waals surface area contributed by atoms with Gasteiger partial charge >= 0.3 is 6.09 Å². The minimum atomic E-state index is -0.591. The van der Waals surface area contributed by atoms with E-state index in [4.69, 9.17) is 14.2 Å². The van der Waals surface area contributed by atoms with Crippen LogP contribution in [0.4, 0.5) is 10.5 Å². The topological polar surface area (TPSA) is 80.3 Å². The largest absolute Gasteiger partial charge is 0.497 e. The third-order valence-electron chi connectivity index (χ3n) is 5.30. The Morgan fingerprint density at radius 1 is 0.970 bits per heavy atom. The standard InChI is InChI=1S/C25H33N3O5/c1-25(2,3)33-24(30)26-20-8-6-7-18(15-20)23(29)28-13-11-27(12-14-28)17-19-16-21(31-4)9-10-22(19)32-5/h6-10,15-16H,11-14,17H2,1-5H3,(H,26,30). The van der Waals surface area contributed by atoms with Crippen LogP contribution in [0, 0.1) is 0 Å². The van der Waals surface area contributed by atoms with Gasteiger partial charge in [0.25, 0.3) is 5.91 Å². The van der Waals surface area contributed by atoms with E-state index in [0.717, 1.165) is 36.7 Å². The zero-order valence-electron chi connectivity index (χ0n) is 20.0. The number of amides is 2. The Bertz CT molecular complexity index is 978. The van der Waals surface area contributed by atoms with E-state index in [1.807, 2.05) is 23.1 Å². The van der Waals surface area contributed by atoms with E-state index in [1.165, 1.54) is 0 Å². The number of hydrogen-bond acceptors (Lipinski definition) is 6. The maximum absolute atomic E-state index is 13.0. The second kappa shape index (κ2) is 10.6. The molecule has 8 heteroatoms. The highest BCUT2D eigenvalue weighted by atomic mass is 16.6. The van der Waals surface area contributed by atoms with Crippen LogP contribution in [0.5, 0.6) is 11.5 Å². The third-order valence-corrected chi connectivity index (χ3v) is 5.30. The summed E-state index contributed by atoms with van der Waals surface area (Å²) in [5.41, 5.74) is 1.52. The maximum Gasteiger partial charge on any atom is 0.412 e. The molecular formula is C25H33N3O5. The number of benzene rings is 2. The van der Waals surface area contributed by atoms with Gasteiger partial charge in [0, 0.05) is 49.5 Å². The molecule has 1 saturated heterocycles. The van der Waals surface area contributed by atoms with Crippen molar-refractivity contribution in [3.8, 4) is 11.5 Å². The fourth-order valence-corrected chi connectivity index (χ4v) is 3.69. The second-order valence-corrected chi connectivity index (χ2v) is 8.95. The van der Waals surface area contributed by atoms with Gasteiger partial charge in [-0.1, -0.05) is 6.07 Å². The van der Waals surface area contributed by atoms with Crippen LogP contribution in [-0.2, 0) is 11.3 Å². The number of anilines is 1. The lowest BCUT2D eigenvalue weighted by atomic mass is 10.1. The number of carbonyl (C=O) groups is 2. The SMILES string of the molecule is COc1ccc(OC)c(CN2CCN(C(=O)c3cccc(NC(=O)OC(C)(C)C)c3)CC2)c1. The molecule has 8 nitrogen and oxygen atoms in total. The Morgan fingerprint density at radius 2 is 1.70 bits per heavy atom. The number of nitrogens with zero attached hydrogens (tertiary/aromatic N) is 2. The summed E-state index contributed by atoms with van der Waals surface area (Å²) >= 11 is 0. The van der Waals surface area contributed by atoms with Crippen molar-refractivity contribution in [2.45, 2.75) is 32.9 Å². The van der Waals surface area contributed by atoms with E-state index >= 15 is 0 Å². The molecule has 0 bridgehead atoms. The molecule has 3 rings (SSSR count). The number of piperazine rings is 1. The van der Waals surface area contributed by atoms with Crippen molar-refractivity contribution in [1.82, 2.24) is 9.80 Å². The minimum Gasteiger partial charge on any atom is -0.497 e. The van der Waals surface area contributed by atoms with Crippen LogP contribution in [0.2, 0.25) is 0 Å². The van der Waals surface area contributed by atoms with Crippen molar-refractivity contribution in [1.29, 1.82) is 0 Å². The molecule has 1 fully saturated rings. The predicted molar refractivity (Wildman–Crippen MR) is 127 cm³/mol. The lowest BCUT2D eigenvalue weighted by molar-refractivity contribution is 0.0619. The molecule has 0 unspecified atom stereocenters. The Labute approximate surface area is 195 Å². The zero-order valence-corrected chi connectivity index (χ0v) is 20.0. The van der Waals surface area contributed by atoms with Crippen LogP contribution >= 0.6 is 0 Å². The van der Waals surface area contributed by atoms with E-state index in [9.17, 15) is 9.59 Å². The van der Waals surface area contributed by atoms with Gasteiger partial charge in [0.05, 0.1) is 14.2 Å². The quantitative estimate of drug-likeness (QED) is 0.709. The van der Waals surface area contributed by atoms with Gasteiger partial charge in [-0.25, -0.2) is 4.79 Å². The van der Waals surface area contributed by atoms with Crippen LogP contribution in [-0.4, -0.2) is 67.8 Å². The summed E-state index contributed by atoms with van der Waals surface area (Å²) in [4.78, 5) is 29.2. The maximum atomic E-state index is 13.0. The molecule has 2 aromatic carbocycles. The molecule has 1 aliphatic rings. The van der Waals surface area contributed by atoms with Gasteiger partial charge < -0.3 is 19.1 Å². The highest BCUT2D eigenvalue weighted by Crippen LogP contribution is 2.26. The molecule has 2 amide bonds. The minimum absolute atomic E-state index is 0.0542. The predicted octanol–water partition coefficient (Wildman–Crippen LogP) is 4.01. The normalized spacial score (nSPS) is 14.5. The molecule has 0 saturated carbocycles. The summed E-state index contributed by atoms with van der Waals surface area (Å²) in [6.45, 7) is 8.87. The molecule has 178 valence electrons. The lowest BCUT2D eigenvalue weighted by Gasteiger charge is -2.35. The molecule has 0 atom stereocenters. The first-order valence-corrected chi connectivity index (χ1v) is 11.0. The molecular weight excluding hydrogens is 422 g/mol. The summed E-state index contributed by atoms with van der Waals surface area (Å²) in [7, 11) is 3.31. The summed E-state index contributed by atoms with van der Waals surface area (Å²) in [5.74, 6) is 1.56. The van der Waals surface area contributed by atoms with Gasteiger partial charge in [0.2, 0.25) is 0 Å². The molecule has 0 aliphatic carbocycles. The fraction of sp³-hybridized carbons (Fsp3) is 0.440. The van der Waals surface area contributed by atoms with Gasteiger partial charge in [-0.2, -0.15) is 0 Å². The van der Waals surface area contributed by atoms with Crippen molar-refractivity contribution in [3.63, 3.8) is 0 Å². The van der Waals surface area contributed by atoms with Gasteiger partial charge in [-0.15, -0.1) is 0 Å². The molecule has 1 heterocycles. The van der Waals surface area contributed by atoms with Crippen LogP contribution in [0.25, 0.3) is 0 Å². The number of ether oxygens (including phenoxy) is 3. The molecule has 1 N–H and O–H groups in total.